The Kier molecular flexibility index (Phi) is 8.48. The van der Waals surface area contributed by atoms with Crippen LogP contribution in [-0.4, -0.2) is 45.8 Å². The minimum Gasteiger partial charge on any atom is -0.432 e. The predicted molar refractivity (Wildman–Crippen MR) is 130 cm³/mol. The van der Waals surface area contributed by atoms with Crippen LogP contribution in [-0.2, 0) is 37.6 Å². The monoisotopic (exact) mass is 666 g/mol. The molecule has 1 N–H and O–H groups in total. The molecule has 0 radical (unpaired) electrons. The van der Waals surface area contributed by atoms with Gasteiger partial charge in [0, 0.05) is 30.4 Å². The summed E-state index contributed by atoms with van der Waals surface area (Å²) >= 11 is 0. The van der Waals surface area contributed by atoms with Gasteiger partial charge in [-0.15, -0.1) is 0 Å². The Bertz CT molecular complexity index is 1740. The molecule has 2 aromatic carbocycles. The smallest absolute Gasteiger partial charge is 0.418 e. The van der Waals surface area contributed by atoms with Crippen LogP contribution in [0.25, 0.3) is 0 Å². The maximum atomic E-state index is 14.5. The third-order valence-electron chi connectivity index (χ3n) is 6.56. The van der Waals surface area contributed by atoms with Crippen LogP contribution in [0.3, 0.4) is 0 Å². The van der Waals surface area contributed by atoms with Gasteiger partial charge in [-0.2, -0.15) is 30.7 Å². The zero-order valence-corrected chi connectivity index (χ0v) is 23.1. The highest BCUT2D eigenvalue weighted by atomic mass is 32.2. The lowest BCUT2D eigenvalue weighted by molar-refractivity contribution is -0.330. The minimum atomic E-state index is -5.47. The van der Waals surface area contributed by atoms with Crippen LogP contribution in [0.5, 0.6) is 5.75 Å². The van der Waals surface area contributed by atoms with Crippen LogP contribution in [0.2, 0.25) is 0 Å². The number of hydrogen-bond acceptors (Lipinski definition) is 6. The second-order valence-electron chi connectivity index (χ2n) is 9.33. The lowest BCUT2D eigenvalue weighted by atomic mass is 9.83. The first-order valence-corrected chi connectivity index (χ1v) is 14.7. The zero-order chi connectivity index (χ0) is 32.1. The van der Waals surface area contributed by atoms with E-state index in [0.717, 1.165) is 12.1 Å². The number of ether oxygens (including phenoxy) is 2. The van der Waals surface area contributed by atoms with Gasteiger partial charge in [-0.05, 0) is 37.5 Å². The van der Waals surface area contributed by atoms with E-state index in [2.05, 4.69) is 9.47 Å². The van der Waals surface area contributed by atoms with Crippen molar-refractivity contribution < 1.29 is 65.8 Å². The second-order valence-corrected chi connectivity index (χ2v) is 12.8. The van der Waals surface area contributed by atoms with Gasteiger partial charge in [-0.3, -0.25) is 4.72 Å². The number of halogens is 9. The number of fused-ring (bicyclic) bond motifs is 1. The zero-order valence-electron chi connectivity index (χ0n) is 21.4. The van der Waals surface area contributed by atoms with Crippen molar-refractivity contribution in [3.05, 3.63) is 71.1 Å². The molecule has 0 unspecified atom stereocenters. The Morgan fingerprint density at radius 3 is 2.14 bits per heavy atom. The predicted octanol–water partition coefficient (Wildman–Crippen LogP) is 5.74. The summed E-state index contributed by atoms with van der Waals surface area (Å²) in [4.78, 5) is -1.51. The summed E-state index contributed by atoms with van der Waals surface area (Å²) in [5, 5.41) is 0. The normalized spacial score (nSPS) is 17.8. The first-order valence-electron chi connectivity index (χ1n) is 11.8. The summed E-state index contributed by atoms with van der Waals surface area (Å²) in [5.74, 6) is -4.51. The largest absolute Gasteiger partial charge is 0.432 e. The third-order valence-corrected chi connectivity index (χ3v) is 9.69. The highest BCUT2D eigenvalue weighted by Crippen LogP contribution is 2.47. The lowest BCUT2D eigenvalue weighted by Gasteiger charge is -2.38. The fraction of sp³-hybridized carbons (Fsp3) is 0.333. The topological polar surface area (TPSA) is 104 Å². The number of anilines is 1. The number of nitrogens with zero attached hydrogens (tertiary/aromatic N) is 1. The Morgan fingerprint density at radius 1 is 0.953 bits per heavy atom. The molecule has 0 amide bonds. The number of aryl methyl sites for hydroxylation is 1. The summed E-state index contributed by atoms with van der Waals surface area (Å²) in [6.45, 7) is -5.91. The number of alkyl halides is 7. The van der Waals surface area contributed by atoms with Crippen molar-refractivity contribution in [2.45, 2.75) is 61.0 Å². The quantitative estimate of drug-likeness (QED) is 0.292. The highest BCUT2D eigenvalue weighted by molar-refractivity contribution is 7.93. The molecule has 0 bridgehead atoms. The lowest BCUT2D eigenvalue weighted by Crippen LogP contribution is -2.53. The van der Waals surface area contributed by atoms with Gasteiger partial charge in [-0.1, -0.05) is 17.7 Å². The van der Waals surface area contributed by atoms with Gasteiger partial charge in [0.1, 0.15) is 4.90 Å². The van der Waals surface area contributed by atoms with Gasteiger partial charge < -0.3 is 9.47 Å². The van der Waals surface area contributed by atoms with Crippen molar-refractivity contribution in [1.82, 2.24) is 3.97 Å². The molecular weight excluding hydrogens is 647 g/mol. The molecule has 0 fully saturated rings. The molecule has 3 aromatic rings. The summed E-state index contributed by atoms with van der Waals surface area (Å²) in [5.41, 5.74) is -5.60. The number of sulfonamides is 1. The standard InChI is InChI=1S/C24H19F9N2O6S2/c1-12-2-4-13(5-3-12)43(38,39)35-11-20(14-6-7-23(10-18(14)35,24(31,32)33)41-22(29)30)42(36,37)34-17-8-16(26)19(9-15(17)25)40-21(27)28/h2-5,8-9,11,21-22,34H,6-7,10H2,1H3/t23-/m0/s1. The van der Waals surface area contributed by atoms with Gasteiger partial charge in [0.15, 0.2) is 23.0 Å². The van der Waals surface area contributed by atoms with Crippen molar-refractivity contribution in [2.24, 2.45) is 0 Å². The molecule has 8 nitrogen and oxygen atoms in total. The van der Waals surface area contributed by atoms with Crippen LogP contribution in [0.15, 0.2) is 52.4 Å². The number of aromatic nitrogens is 1. The van der Waals surface area contributed by atoms with Crippen molar-refractivity contribution in [3.63, 3.8) is 0 Å². The van der Waals surface area contributed by atoms with Crippen LogP contribution < -0.4 is 9.46 Å². The Morgan fingerprint density at radius 2 is 1.58 bits per heavy atom. The molecule has 43 heavy (non-hydrogen) atoms. The van der Waals surface area contributed by atoms with Gasteiger partial charge in [0.2, 0.25) is 0 Å². The van der Waals surface area contributed by atoms with Gasteiger partial charge >= 0.3 is 19.4 Å². The van der Waals surface area contributed by atoms with Crippen molar-refractivity contribution in [2.75, 3.05) is 4.72 Å². The van der Waals surface area contributed by atoms with Crippen molar-refractivity contribution >= 4 is 25.7 Å². The maximum Gasteiger partial charge on any atom is 0.418 e. The maximum absolute atomic E-state index is 14.5. The fourth-order valence-corrected chi connectivity index (χ4v) is 7.35. The van der Waals surface area contributed by atoms with Crippen LogP contribution in [0.4, 0.5) is 45.2 Å². The van der Waals surface area contributed by atoms with E-state index >= 15 is 0 Å². The van der Waals surface area contributed by atoms with E-state index in [-0.39, 0.29) is 16.1 Å². The molecule has 4 rings (SSSR count). The SMILES string of the molecule is Cc1ccc(S(=O)(=O)n2cc(S(=O)(=O)Nc3cc(F)c(OC(F)F)cc3F)c3c2C[C@](OC(F)F)(C(F)(F)F)CC3)cc1. The summed E-state index contributed by atoms with van der Waals surface area (Å²) < 4.78 is 185. The molecule has 0 saturated heterocycles. The number of benzene rings is 2. The van der Waals surface area contributed by atoms with Crippen LogP contribution in [0.1, 0.15) is 23.2 Å². The molecule has 1 atom stereocenters. The molecular formula is C24H19F9N2O6S2. The van der Waals surface area contributed by atoms with E-state index in [1.807, 2.05) is 0 Å². The van der Waals surface area contributed by atoms with Gasteiger partial charge in [0.05, 0.1) is 10.6 Å². The first-order chi connectivity index (χ1) is 19.8. The molecule has 1 aromatic heterocycles. The molecule has 236 valence electrons. The van der Waals surface area contributed by atoms with E-state index in [9.17, 15) is 56.3 Å². The summed E-state index contributed by atoms with van der Waals surface area (Å²) in [7, 11) is -10.0. The van der Waals surface area contributed by atoms with Crippen LogP contribution >= 0.6 is 0 Å². The van der Waals surface area contributed by atoms with Crippen LogP contribution in [0, 0.1) is 18.6 Å². The Labute approximate surface area is 238 Å². The van der Waals surface area contributed by atoms with E-state index in [1.165, 1.54) is 12.1 Å². The average molecular weight is 667 g/mol. The van der Waals surface area contributed by atoms with Gasteiger partial charge in [-0.25, -0.2) is 29.6 Å². The van der Waals surface area contributed by atoms with E-state index < -0.39 is 108 Å². The van der Waals surface area contributed by atoms with E-state index in [1.54, 1.807) is 11.6 Å². The highest BCUT2D eigenvalue weighted by Gasteiger charge is 2.60. The third kappa shape index (κ3) is 6.28. The number of rotatable bonds is 9. The Hall–Kier alpha value is -3.45. The van der Waals surface area contributed by atoms with Crippen molar-refractivity contribution in [3.8, 4) is 5.75 Å². The number of hydrogen-bond donors (Lipinski definition) is 1. The average Bonchev–Trinajstić information content (AvgIpc) is 3.26. The molecule has 0 saturated carbocycles. The summed E-state index contributed by atoms with van der Waals surface area (Å²) in [6.07, 6.45) is -8.83. The molecule has 0 aliphatic heterocycles. The second kappa shape index (κ2) is 11.2. The molecule has 1 aliphatic carbocycles. The molecule has 0 spiro atoms. The fourth-order valence-electron chi connectivity index (χ4n) is 4.52. The molecule has 19 heteroatoms. The summed E-state index contributed by atoms with van der Waals surface area (Å²) in [6, 6.07) is 5.05. The van der Waals surface area contributed by atoms with E-state index in [0.29, 0.717) is 11.8 Å². The first kappa shape index (κ1) is 32.5. The van der Waals surface area contributed by atoms with E-state index in [4.69, 9.17) is 0 Å². The van der Waals surface area contributed by atoms with Crippen molar-refractivity contribution in [1.29, 1.82) is 0 Å². The molecule has 1 aliphatic rings. The molecule has 1 heterocycles. The Balaban J connectivity index is 1.89. The van der Waals surface area contributed by atoms with Gasteiger partial charge in [0.25, 0.3) is 20.0 Å². The minimum absolute atomic E-state index is 0.0984. The number of nitrogens with one attached hydrogen (secondary N) is 1.